The second-order valence-corrected chi connectivity index (χ2v) is 10.2. The van der Waals surface area contributed by atoms with E-state index in [4.69, 9.17) is 68.4 Å². The Morgan fingerprint density at radius 3 is 0.830 bits per heavy atom. The summed E-state index contributed by atoms with van der Waals surface area (Å²) in [5.41, 5.74) is 0. The van der Waals surface area contributed by atoms with E-state index in [-0.39, 0.29) is 12.4 Å². The Bertz CT molecular complexity index is 594. The van der Waals surface area contributed by atoms with Crippen molar-refractivity contribution in [2.75, 3.05) is 172 Å². The molecular formula is C32H63ClO14. The van der Waals surface area contributed by atoms with Crippen LogP contribution in [0.4, 0.5) is 0 Å². The first-order valence-corrected chi connectivity index (χ1v) is 17.4. The smallest absolute Gasteiger partial charge is 0.307 e. The van der Waals surface area contributed by atoms with Crippen LogP contribution < -0.4 is 0 Å². The van der Waals surface area contributed by atoms with Gasteiger partial charge in [-0.3, -0.25) is 4.79 Å². The molecule has 0 spiro atoms. The number of esters is 1. The number of ether oxygens (including phenoxy) is 13. The molecule has 14 nitrogen and oxygen atoms in total. The van der Waals surface area contributed by atoms with Crippen LogP contribution in [-0.2, 0) is 66.4 Å². The first kappa shape index (κ1) is 46.3. The number of hydrogen-bond donors (Lipinski definition) is 0. The van der Waals surface area contributed by atoms with Gasteiger partial charge in [0.1, 0.15) is 0 Å². The third kappa shape index (κ3) is 43.3. The van der Waals surface area contributed by atoms with Crippen LogP contribution in [0.25, 0.3) is 0 Å². The van der Waals surface area contributed by atoms with Crippen LogP contribution in [-0.4, -0.2) is 178 Å². The highest BCUT2D eigenvalue weighted by Gasteiger charge is 2.00. The van der Waals surface area contributed by atoms with Gasteiger partial charge in [-0.05, 0) is 12.8 Å². The number of rotatable bonds is 42. The maximum Gasteiger partial charge on any atom is 0.307 e. The minimum Gasteiger partial charge on any atom is -0.469 e. The van der Waals surface area contributed by atoms with E-state index in [0.29, 0.717) is 152 Å². The highest BCUT2D eigenvalue weighted by atomic mass is 35.5. The van der Waals surface area contributed by atoms with Crippen LogP contribution >= 0.6 is 11.6 Å². The molecule has 0 heterocycles. The van der Waals surface area contributed by atoms with Crippen molar-refractivity contribution in [1.29, 1.82) is 0 Å². The monoisotopic (exact) mass is 706 g/mol. The molecule has 0 unspecified atom stereocenters. The molecular weight excluding hydrogens is 644 g/mol. The minimum atomic E-state index is -0.286. The summed E-state index contributed by atoms with van der Waals surface area (Å²) in [7, 11) is 1.35. The lowest BCUT2D eigenvalue weighted by molar-refractivity contribution is -0.141. The van der Waals surface area contributed by atoms with E-state index in [9.17, 15) is 4.79 Å². The van der Waals surface area contributed by atoms with Gasteiger partial charge in [-0.1, -0.05) is 12.8 Å². The normalized spacial score (nSPS) is 11.4. The standard InChI is InChI=1S/C32H63ClO14/c1-35-32(34)6-9-37-11-13-39-15-17-41-19-21-43-23-25-45-27-29-47-31-30-46-28-26-44-24-22-42-20-18-40-16-14-38-12-10-36-8-5-3-2-4-7-33/h2-31H2,1H3. The largest absolute Gasteiger partial charge is 0.469 e. The number of alkyl halides is 1. The van der Waals surface area contributed by atoms with Crippen molar-refractivity contribution >= 4 is 17.6 Å². The molecule has 0 rings (SSSR count). The second kappa shape index (κ2) is 43.3. The maximum atomic E-state index is 10.9. The van der Waals surface area contributed by atoms with Crippen molar-refractivity contribution in [3.63, 3.8) is 0 Å². The summed E-state index contributed by atoms with van der Waals surface area (Å²) < 4.78 is 69.9. The molecule has 0 aliphatic carbocycles. The summed E-state index contributed by atoms with van der Waals surface area (Å²) in [6, 6.07) is 0. The fourth-order valence-corrected chi connectivity index (χ4v) is 3.62. The number of carbonyl (C=O) groups excluding carboxylic acids is 1. The SMILES string of the molecule is COC(=O)CCOCCOCCOCCOCCOCCOCCOCCOCCOCCOCCOCCOCCCCCCCl. The zero-order valence-corrected chi connectivity index (χ0v) is 29.6. The van der Waals surface area contributed by atoms with E-state index in [1.165, 1.54) is 13.5 Å². The van der Waals surface area contributed by atoms with Crippen molar-refractivity contribution < 1.29 is 66.4 Å². The molecule has 15 heteroatoms. The molecule has 0 aliphatic rings. The summed E-state index contributed by atoms with van der Waals surface area (Å²) in [6.45, 7) is 12.3. The number of unbranched alkanes of at least 4 members (excludes halogenated alkanes) is 3. The van der Waals surface area contributed by atoms with Crippen molar-refractivity contribution in [2.24, 2.45) is 0 Å². The summed E-state index contributed by atoms with van der Waals surface area (Å²) in [5.74, 6) is 0.455. The van der Waals surface area contributed by atoms with Gasteiger partial charge in [0.2, 0.25) is 0 Å². The summed E-state index contributed by atoms with van der Waals surface area (Å²) in [5, 5.41) is 0. The number of halogens is 1. The molecule has 0 aromatic carbocycles. The van der Waals surface area contributed by atoms with E-state index in [2.05, 4.69) is 4.74 Å². The molecule has 0 aliphatic heterocycles. The predicted octanol–water partition coefficient (Wildman–Crippen LogP) is 2.55. The topological polar surface area (TPSA) is 137 Å². The van der Waals surface area contributed by atoms with Crippen LogP contribution in [0.1, 0.15) is 32.1 Å². The molecule has 0 atom stereocenters. The van der Waals surface area contributed by atoms with Crippen LogP contribution in [0.2, 0.25) is 0 Å². The van der Waals surface area contributed by atoms with E-state index in [0.717, 1.165) is 31.7 Å². The van der Waals surface area contributed by atoms with Crippen molar-refractivity contribution in [3.8, 4) is 0 Å². The van der Waals surface area contributed by atoms with E-state index >= 15 is 0 Å². The van der Waals surface area contributed by atoms with E-state index in [1.54, 1.807) is 0 Å². The molecule has 0 amide bonds. The zero-order chi connectivity index (χ0) is 34.0. The highest BCUT2D eigenvalue weighted by molar-refractivity contribution is 6.17. The number of methoxy groups -OCH3 is 1. The molecule has 0 N–H and O–H groups in total. The molecule has 0 saturated carbocycles. The summed E-state index contributed by atoms with van der Waals surface area (Å²) >= 11 is 5.65. The molecule has 0 aromatic rings. The van der Waals surface area contributed by atoms with Gasteiger partial charge in [-0.2, -0.15) is 0 Å². The fourth-order valence-electron chi connectivity index (χ4n) is 3.43. The molecule has 47 heavy (non-hydrogen) atoms. The number of carbonyl (C=O) groups is 1. The molecule has 282 valence electrons. The predicted molar refractivity (Wildman–Crippen MR) is 176 cm³/mol. The van der Waals surface area contributed by atoms with Crippen LogP contribution in [0.5, 0.6) is 0 Å². The first-order chi connectivity index (χ1) is 23.3. The minimum absolute atomic E-state index is 0.245. The van der Waals surface area contributed by atoms with Crippen molar-refractivity contribution in [1.82, 2.24) is 0 Å². The highest BCUT2D eigenvalue weighted by Crippen LogP contribution is 2.01. The Hall–Kier alpha value is -0.720. The van der Waals surface area contributed by atoms with Gasteiger partial charge in [0.25, 0.3) is 0 Å². The van der Waals surface area contributed by atoms with Gasteiger partial charge < -0.3 is 61.6 Å². The van der Waals surface area contributed by atoms with Crippen molar-refractivity contribution in [3.05, 3.63) is 0 Å². The Labute approximate surface area is 287 Å². The van der Waals surface area contributed by atoms with Gasteiger partial charge in [0.05, 0.1) is 165 Å². The van der Waals surface area contributed by atoms with E-state index < -0.39 is 0 Å². The summed E-state index contributed by atoms with van der Waals surface area (Å²) in [6.07, 6.45) is 4.73. The van der Waals surface area contributed by atoms with Gasteiger partial charge in [-0.15, -0.1) is 11.6 Å². The Kier molecular flexibility index (Phi) is 42.6. The van der Waals surface area contributed by atoms with Crippen LogP contribution in [0, 0.1) is 0 Å². The average Bonchev–Trinajstić information content (AvgIpc) is 3.08. The Morgan fingerprint density at radius 1 is 0.340 bits per heavy atom. The van der Waals surface area contributed by atoms with E-state index in [1.807, 2.05) is 0 Å². The lowest BCUT2D eigenvalue weighted by Crippen LogP contribution is -2.15. The second-order valence-electron chi connectivity index (χ2n) is 9.78. The fraction of sp³-hybridized carbons (Fsp3) is 0.969. The third-order valence-electron chi connectivity index (χ3n) is 5.94. The lowest BCUT2D eigenvalue weighted by atomic mass is 10.2. The average molecular weight is 707 g/mol. The summed E-state index contributed by atoms with van der Waals surface area (Å²) in [4.78, 5) is 10.9. The molecule has 0 aromatic heterocycles. The third-order valence-corrected chi connectivity index (χ3v) is 6.21. The van der Waals surface area contributed by atoms with Gasteiger partial charge >= 0.3 is 5.97 Å². The van der Waals surface area contributed by atoms with Crippen LogP contribution in [0.15, 0.2) is 0 Å². The van der Waals surface area contributed by atoms with Gasteiger partial charge in [0, 0.05) is 12.5 Å². The zero-order valence-electron chi connectivity index (χ0n) is 28.8. The molecule has 0 fully saturated rings. The van der Waals surface area contributed by atoms with Gasteiger partial charge in [0.15, 0.2) is 0 Å². The van der Waals surface area contributed by atoms with Gasteiger partial charge in [-0.25, -0.2) is 0 Å². The molecule has 0 saturated heterocycles. The molecule has 0 bridgehead atoms. The molecule has 0 radical (unpaired) electrons. The first-order valence-electron chi connectivity index (χ1n) is 16.9. The van der Waals surface area contributed by atoms with Crippen LogP contribution in [0.3, 0.4) is 0 Å². The maximum absolute atomic E-state index is 10.9. The Morgan fingerprint density at radius 2 is 0.574 bits per heavy atom. The van der Waals surface area contributed by atoms with Crippen molar-refractivity contribution in [2.45, 2.75) is 32.1 Å². The number of hydrogen-bond acceptors (Lipinski definition) is 14. The quantitative estimate of drug-likeness (QED) is 0.0522. The Balaban J connectivity index is 3.05. The lowest BCUT2D eigenvalue weighted by Gasteiger charge is -2.09.